The molecule has 1 amide bonds. The van der Waals surface area contributed by atoms with E-state index in [4.69, 9.17) is 21.6 Å². The first kappa shape index (κ1) is 24.7. The number of ether oxygens (including phenoxy) is 1. The Morgan fingerprint density at radius 3 is 2.70 bits per heavy atom. The number of hydrogen-bond acceptors (Lipinski definition) is 6. The summed E-state index contributed by atoms with van der Waals surface area (Å²) in [6.45, 7) is 4.14. The van der Waals surface area contributed by atoms with Gasteiger partial charge in [0.05, 0.1) is 21.8 Å². The molecule has 33 heavy (non-hydrogen) atoms. The Bertz CT molecular complexity index is 1210. The van der Waals surface area contributed by atoms with Gasteiger partial charge in [-0.3, -0.25) is 4.79 Å². The Morgan fingerprint density at radius 2 is 2.00 bits per heavy atom. The van der Waals surface area contributed by atoms with Gasteiger partial charge in [0.25, 0.3) is 5.91 Å². The average molecular weight is 490 g/mol. The molecule has 2 aromatic carbocycles. The Labute approximate surface area is 198 Å². The molecule has 0 bridgehead atoms. The van der Waals surface area contributed by atoms with Crippen LogP contribution in [-0.4, -0.2) is 43.8 Å². The molecule has 0 radical (unpaired) electrons. The monoisotopic (exact) mass is 489 g/mol. The zero-order valence-electron chi connectivity index (χ0n) is 18.2. The third-order valence-electron chi connectivity index (χ3n) is 5.36. The van der Waals surface area contributed by atoms with E-state index < -0.39 is 28.0 Å². The van der Waals surface area contributed by atoms with E-state index in [9.17, 15) is 18.0 Å². The number of nitriles is 1. The lowest BCUT2D eigenvalue weighted by Gasteiger charge is -2.30. The summed E-state index contributed by atoms with van der Waals surface area (Å²) >= 11 is 6.17. The molecule has 2 aromatic rings. The Balaban J connectivity index is 1.75. The lowest BCUT2D eigenvalue weighted by atomic mass is 10.0. The standard InChI is InChI=1S/C23H24ClN3O5S/c1-15-6-5-11-27(14-15)33(30,31)21-12-17(9-10-19(21)24)23(29)32-16(2)22(28)26-20-8-4-3-7-18(20)13-25/h3-4,7-10,12,15-16H,5-6,11,14H2,1-2H3,(H,26,28). The van der Waals surface area contributed by atoms with Crippen molar-refractivity contribution in [1.29, 1.82) is 5.26 Å². The molecule has 0 saturated carbocycles. The minimum absolute atomic E-state index is 0.00341. The summed E-state index contributed by atoms with van der Waals surface area (Å²) < 4.78 is 32.8. The highest BCUT2D eigenvalue weighted by molar-refractivity contribution is 7.89. The van der Waals surface area contributed by atoms with E-state index in [0.29, 0.717) is 18.8 Å². The summed E-state index contributed by atoms with van der Waals surface area (Å²) in [6.07, 6.45) is 0.509. The number of nitrogens with one attached hydrogen (secondary N) is 1. The molecule has 1 N–H and O–H groups in total. The number of rotatable bonds is 6. The normalized spacial score (nSPS) is 17.6. The molecule has 1 aliphatic heterocycles. The first-order valence-corrected chi connectivity index (χ1v) is 12.3. The predicted molar refractivity (Wildman–Crippen MR) is 123 cm³/mol. The van der Waals surface area contributed by atoms with Crippen LogP contribution >= 0.6 is 11.6 Å². The average Bonchev–Trinajstić information content (AvgIpc) is 2.79. The van der Waals surface area contributed by atoms with Crippen molar-refractivity contribution in [1.82, 2.24) is 4.31 Å². The first-order chi connectivity index (χ1) is 15.6. The van der Waals surface area contributed by atoms with Crippen molar-refractivity contribution in [3.05, 3.63) is 58.6 Å². The molecule has 10 heteroatoms. The zero-order valence-corrected chi connectivity index (χ0v) is 19.8. The van der Waals surface area contributed by atoms with Gasteiger partial charge in [-0.25, -0.2) is 13.2 Å². The van der Waals surface area contributed by atoms with Crippen LogP contribution in [0.4, 0.5) is 5.69 Å². The molecular formula is C23H24ClN3O5S. The number of hydrogen-bond donors (Lipinski definition) is 1. The van der Waals surface area contributed by atoms with E-state index in [2.05, 4.69) is 5.32 Å². The highest BCUT2D eigenvalue weighted by Crippen LogP contribution is 2.29. The summed E-state index contributed by atoms with van der Waals surface area (Å²) in [5.74, 6) is -1.27. The largest absolute Gasteiger partial charge is 0.449 e. The summed E-state index contributed by atoms with van der Waals surface area (Å²) in [4.78, 5) is 24.9. The van der Waals surface area contributed by atoms with E-state index in [1.165, 1.54) is 29.4 Å². The number of esters is 1. The molecule has 0 spiro atoms. The van der Waals surface area contributed by atoms with Gasteiger partial charge < -0.3 is 10.1 Å². The van der Waals surface area contributed by atoms with E-state index in [1.54, 1.807) is 24.3 Å². The molecular weight excluding hydrogens is 466 g/mol. The van der Waals surface area contributed by atoms with Crippen LogP contribution < -0.4 is 5.32 Å². The molecule has 1 aliphatic rings. The van der Waals surface area contributed by atoms with Crippen LogP contribution in [0.1, 0.15) is 42.6 Å². The van der Waals surface area contributed by atoms with E-state index in [0.717, 1.165) is 12.8 Å². The fourth-order valence-corrected chi connectivity index (χ4v) is 5.64. The first-order valence-electron chi connectivity index (χ1n) is 10.4. The van der Waals surface area contributed by atoms with Crippen molar-refractivity contribution in [3.8, 4) is 6.07 Å². The number of amides is 1. The van der Waals surface area contributed by atoms with Crippen LogP contribution in [0.2, 0.25) is 5.02 Å². The van der Waals surface area contributed by atoms with Crippen LogP contribution in [0.15, 0.2) is 47.4 Å². The Hall–Kier alpha value is -2.93. The second kappa shape index (κ2) is 10.3. The van der Waals surface area contributed by atoms with Gasteiger partial charge in [-0.05, 0) is 56.0 Å². The van der Waals surface area contributed by atoms with Crippen molar-refractivity contribution in [2.75, 3.05) is 18.4 Å². The minimum Gasteiger partial charge on any atom is -0.449 e. The van der Waals surface area contributed by atoms with Gasteiger partial charge in [-0.2, -0.15) is 9.57 Å². The molecule has 2 unspecified atom stereocenters. The van der Waals surface area contributed by atoms with Gasteiger partial charge >= 0.3 is 5.97 Å². The van der Waals surface area contributed by atoms with Crippen LogP contribution in [0.5, 0.6) is 0 Å². The fraction of sp³-hybridized carbons (Fsp3) is 0.348. The highest BCUT2D eigenvalue weighted by atomic mass is 35.5. The fourth-order valence-electron chi connectivity index (χ4n) is 3.54. The summed E-state index contributed by atoms with van der Waals surface area (Å²) in [5, 5.41) is 11.7. The maximum absolute atomic E-state index is 13.1. The van der Waals surface area contributed by atoms with E-state index >= 15 is 0 Å². The molecule has 0 aliphatic carbocycles. The molecule has 1 saturated heterocycles. The highest BCUT2D eigenvalue weighted by Gasteiger charge is 2.31. The SMILES string of the molecule is CC1CCCN(S(=O)(=O)c2cc(C(=O)OC(C)C(=O)Nc3ccccc3C#N)ccc2Cl)C1. The van der Waals surface area contributed by atoms with Crippen LogP contribution in [0, 0.1) is 17.2 Å². The van der Waals surface area contributed by atoms with E-state index in [1.807, 2.05) is 13.0 Å². The molecule has 8 nitrogen and oxygen atoms in total. The number of anilines is 1. The number of carbonyl (C=O) groups is 2. The molecule has 2 atom stereocenters. The Kier molecular flexibility index (Phi) is 7.74. The molecule has 3 rings (SSSR count). The van der Waals surface area contributed by atoms with E-state index in [-0.39, 0.29) is 27.0 Å². The third kappa shape index (κ3) is 5.71. The van der Waals surface area contributed by atoms with Crippen molar-refractivity contribution >= 4 is 39.2 Å². The van der Waals surface area contributed by atoms with Gasteiger partial charge in [-0.15, -0.1) is 0 Å². The minimum atomic E-state index is -3.89. The second-order valence-electron chi connectivity index (χ2n) is 7.95. The zero-order chi connectivity index (χ0) is 24.2. The van der Waals surface area contributed by atoms with Crippen LogP contribution in [-0.2, 0) is 19.6 Å². The van der Waals surface area contributed by atoms with Gasteiger partial charge in [0.15, 0.2) is 6.10 Å². The van der Waals surface area contributed by atoms with Gasteiger partial charge in [0.2, 0.25) is 10.0 Å². The quantitative estimate of drug-likeness (QED) is 0.616. The van der Waals surface area contributed by atoms with Gasteiger partial charge in [0.1, 0.15) is 11.0 Å². The topological polar surface area (TPSA) is 117 Å². The number of carbonyl (C=O) groups excluding carboxylic acids is 2. The lowest BCUT2D eigenvalue weighted by Crippen LogP contribution is -2.39. The van der Waals surface area contributed by atoms with Crippen molar-refractivity contribution in [2.24, 2.45) is 5.92 Å². The van der Waals surface area contributed by atoms with Crippen molar-refractivity contribution < 1.29 is 22.7 Å². The molecule has 174 valence electrons. The van der Waals surface area contributed by atoms with Crippen molar-refractivity contribution in [3.63, 3.8) is 0 Å². The number of halogens is 1. The third-order valence-corrected chi connectivity index (χ3v) is 7.71. The molecule has 1 heterocycles. The Morgan fingerprint density at radius 1 is 1.27 bits per heavy atom. The number of sulfonamides is 1. The van der Waals surface area contributed by atoms with Gasteiger partial charge in [-0.1, -0.05) is 30.7 Å². The summed E-state index contributed by atoms with van der Waals surface area (Å²) in [7, 11) is -3.89. The van der Waals surface area contributed by atoms with Crippen LogP contribution in [0.25, 0.3) is 0 Å². The number of nitrogens with zero attached hydrogens (tertiary/aromatic N) is 2. The number of para-hydroxylation sites is 1. The van der Waals surface area contributed by atoms with Crippen molar-refractivity contribution in [2.45, 2.75) is 37.7 Å². The smallest absolute Gasteiger partial charge is 0.338 e. The maximum atomic E-state index is 13.1. The van der Waals surface area contributed by atoms with Gasteiger partial charge in [0, 0.05) is 13.1 Å². The molecule has 0 aromatic heterocycles. The molecule has 1 fully saturated rings. The summed E-state index contributed by atoms with van der Waals surface area (Å²) in [6, 6.07) is 12.2. The number of benzene rings is 2. The lowest BCUT2D eigenvalue weighted by molar-refractivity contribution is -0.123. The summed E-state index contributed by atoms with van der Waals surface area (Å²) in [5.41, 5.74) is 0.521. The van der Waals surface area contributed by atoms with Crippen LogP contribution in [0.3, 0.4) is 0 Å². The number of piperidine rings is 1. The predicted octanol–water partition coefficient (Wildman–Crippen LogP) is 3.82. The second-order valence-corrected chi connectivity index (χ2v) is 10.3. The maximum Gasteiger partial charge on any atom is 0.338 e.